The number of hydrogen-bond donors (Lipinski definition) is 0. The van der Waals surface area contributed by atoms with Crippen molar-refractivity contribution in [2.75, 3.05) is 0 Å². The quantitative estimate of drug-likeness (QED) is 0.270. The summed E-state index contributed by atoms with van der Waals surface area (Å²) < 4.78 is 2.11. The SMILES string of the molecule is Cn1c(-c2ccccn2)nc(-c2ccc(-c3ccsc3)cc2)c1Sc1ccc(Cl)cc1. The van der Waals surface area contributed by atoms with Crippen LogP contribution in [-0.4, -0.2) is 14.5 Å². The van der Waals surface area contributed by atoms with Gasteiger partial charge in [-0.05, 0) is 64.4 Å². The number of nitrogens with zero attached hydrogens (tertiary/aromatic N) is 3. The normalized spacial score (nSPS) is 11.0. The lowest BCUT2D eigenvalue weighted by molar-refractivity contribution is 0.831. The topological polar surface area (TPSA) is 30.7 Å². The lowest BCUT2D eigenvalue weighted by Gasteiger charge is -2.08. The zero-order chi connectivity index (χ0) is 21.2. The summed E-state index contributed by atoms with van der Waals surface area (Å²) in [6.45, 7) is 0. The Morgan fingerprint density at radius 3 is 2.32 bits per heavy atom. The summed E-state index contributed by atoms with van der Waals surface area (Å²) >= 11 is 9.46. The minimum atomic E-state index is 0.729. The highest BCUT2D eigenvalue weighted by atomic mass is 35.5. The summed E-state index contributed by atoms with van der Waals surface area (Å²) in [7, 11) is 2.04. The van der Waals surface area contributed by atoms with Gasteiger partial charge in [0.2, 0.25) is 0 Å². The highest BCUT2D eigenvalue weighted by Crippen LogP contribution is 2.39. The van der Waals surface area contributed by atoms with Crippen LogP contribution in [-0.2, 0) is 7.05 Å². The predicted octanol–water partition coefficient (Wildman–Crippen LogP) is 7.68. The minimum Gasteiger partial charge on any atom is -0.320 e. The number of aromatic nitrogens is 3. The molecular formula is C25H18ClN3S2. The number of imidazole rings is 1. The molecule has 0 N–H and O–H groups in total. The van der Waals surface area contributed by atoms with E-state index in [1.165, 1.54) is 11.1 Å². The van der Waals surface area contributed by atoms with Gasteiger partial charge >= 0.3 is 0 Å². The van der Waals surface area contributed by atoms with Gasteiger partial charge in [-0.3, -0.25) is 4.98 Å². The molecule has 0 aliphatic rings. The van der Waals surface area contributed by atoms with Gasteiger partial charge in [-0.15, -0.1) is 0 Å². The molecular weight excluding hydrogens is 442 g/mol. The molecule has 0 spiro atoms. The van der Waals surface area contributed by atoms with Crippen LogP contribution in [0.4, 0.5) is 0 Å². The van der Waals surface area contributed by atoms with Gasteiger partial charge < -0.3 is 4.57 Å². The van der Waals surface area contributed by atoms with Crippen molar-refractivity contribution < 1.29 is 0 Å². The van der Waals surface area contributed by atoms with Crippen LogP contribution in [0.3, 0.4) is 0 Å². The molecule has 3 heterocycles. The minimum absolute atomic E-state index is 0.729. The molecule has 0 unspecified atom stereocenters. The molecule has 0 saturated heterocycles. The number of rotatable bonds is 5. The largest absolute Gasteiger partial charge is 0.320 e. The number of benzene rings is 2. The van der Waals surface area contributed by atoms with Gasteiger partial charge in [0.15, 0.2) is 5.82 Å². The van der Waals surface area contributed by atoms with E-state index in [2.05, 4.69) is 50.6 Å². The van der Waals surface area contributed by atoms with E-state index < -0.39 is 0 Å². The Bertz CT molecular complexity index is 1290. The number of hydrogen-bond acceptors (Lipinski definition) is 4. The van der Waals surface area contributed by atoms with E-state index in [0.717, 1.165) is 37.7 Å². The van der Waals surface area contributed by atoms with Gasteiger partial charge in [0.1, 0.15) is 16.4 Å². The van der Waals surface area contributed by atoms with E-state index in [1.54, 1.807) is 29.3 Å². The monoisotopic (exact) mass is 459 g/mol. The molecule has 31 heavy (non-hydrogen) atoms. The van der Waals surface area contributed by atoms with Crippen molar-refractivity contribution >= 4 is 34.7 Å². The van der Waals surface area contributed by atoms with E-state index >= 15 is 0 Å². The second-order valence-electron chi connectivity index (χ2n) is 7.01. The molecule has 0 amide bonds. The summed E-state index contributed by atoms with van der Waals surface area (Å²) in [5, 5.41) is 6.05. The summed E-state index contributed by atoms with van der Waals surface area (Å²) in [4.78, 5) is 10.6. The standard InChI is InChI=1S/C25H18ClN3S2/c1-29-24(22-4-2-3-14-27-22)28-23(25(29)31-21-11-9-20(26)10-12-21)18-7-5-17(6-8-18)19-13-15-30-16-19/h2-16H,1H3. The van der Waals surface area contributed by atoms with Gasteiger partial charge in [0.05, 0.1) is 0 Å². The fourth-order valence-electron chi connectivity index (χ4n) is 3.38. The van der Waals surface area contributed by atoms with Crippen LogP contribution in [0.1, 0.15) is 0 Å². The van der Waals surface area contributed by atoms with Crippen LogP contribution in [0.15, 0.2) is 99.7 Å². The fourth-order valence-corrected chi connectivity index (χ4v) is 5.15. The molecule has 5 rings (SSSR count). The molecule has 0 bridgehead atoms. The maximum atomic E-state index is 6.08. The Hall–Kier alpha value is -2.86. The Balaban J connectivity index is 1.60. The fraction of sp³-hybridized carbons (Fsp3) is 0.0400. The summed E-state index contributed by atoms with van der Waals surface area (Å²) in [5.41, 5.74) is 5.32. The first kappa shape index (κ1) is 20.1. The highest BCUT2D eigenvalue weighted by Gasteiger charge is 2.19. The van der Waals surface area contributed by atoms with E-state index in [4.69, 9.17) is 16.6 Å². The van der Waals surface area contributed by atoms with Crippen molar-refractivity contribution in [3.8, 4) is 33.9 Å². The third kappa shape index (κ3) is 4.17. The van der Waals surface area contributed by atoms with Gasteiger partial charge in [-0.1, -0.05) is 53.7 Å². The Morgan fingerprint density at radius 1 is 0.871 bits per heavy atom. The summed E-state index contributed by atoms with van der Waals surface area (Å²) in [5.74, 6) is 0.842. The molecule has 0 radical (unpaired) electrons. The smallest absolute Gasteiger partial charge is 0.159 e. The van der Waals surface area contributed by atoms with E-state index in [9.17, 15) is 0 Å². The molecule has 0 fully saturated rings. The maximum Gasteiger partial charge on any atom is 0.159 e. The lowest BCUT2D eigenvalue weighted by Crippen LogP contribution is -1.95. The van der Waals surface area contributed by atoms with E-state index in [-0.39, 0.29) is 0 Å². The van der Waals surface area contributed by atoms with Crippen molar-refractivity contribution in [1.82, 2.24) is 14.5 Å². The Kier molecular flexibility index (Phi) is 5.64. The second-order valence-corrected chi connectivity index (χ2v) is 9.29. The van der Waals surface area contributed by atoms with Crippen molar-refractivity contribution in [2.45, 2.75) is 9.92 Å². The first-order chi connectivity index (χ1) is 15.2. The molecule has 152 valence electrons. The Labute approximate surface area is 194 Å². The first-order valence-corrected chi connectivity index (χ1v) is 11.9. The second kappa shape index (κ2) is 8.71. The van der Waals surface area contributed by atoms with Gasteiger partial charge in [-0.25, -0.2) is 4.98 Å². The van der Waals surface area contributed by atoms with Crippen molar-refractivity contribution in [2.24, 2.45) is 7.05 Å². The van der Waals surface area contributed by atoms with Gasteiger partial charge in [-0.2, -0.15) is 11.3 Å². The molecule has 3 aromatic heterocycles. The molecule has 6 heteroatoms. The van der Waals surface area contributed by atoms with E-state index in [1.807, 2.05) is 49.5 Å². The Morgan fingerprint density at radius 2 is 1.65 bits per heavy atom. The van der Waals surface area contributed by atoms with Crippen LogP contribution >= 0.6 is 34.7 Å². The zero-order valence-electron chi connectivity index (χ0n) is 16.7. The van der Waals surface area contributed by atoms with Crippen LogP contribution in [0.2, 0.25) is 5.02 Å². The van der Waals surface area contributed by atoms with Crippen LogP contribution in [0.5, 0.6) is 0 Å². The maximum absolute atomic E-state index is 6.08. The predicted molar refractivity (Wildman–Crippen MR) is 131 cm³/mol. The third-order valence-electron chi connectivity index (χ3n) is 4.98. The summed E-state index contributed by atoms with van der Waals surface area (Å²) in [6.07, 6.45) is 1.80. The van der Waals surface area contributed by atoms with Gasteiger partial charge in [0.25, 0.3) is 0 Å². The number of halogens is 1. The molecule has 0 atom stereocenters. The first-order valence-electron chi connectivity index (χ1n) is 9.73. The van der Waals surface area contributed by atoms with Crippen molar-refractivity contribution in [3.63, 3.8) is 0 Å². The van der Waals surface area contributed by atoms with Crippen molar-refractivity contribution in [3.05, 3.63) is 94.8 Å². The zero-order valence-corrected chi connectivity index (χ0v) is 19.1. The number of pyridine rings is 1. The molecule has 0 aliphatic heterocycles. The molecule has 5 aromatic rings. The average Bonchev–Trinajstić information content (AvgIpc) is 3.45. The highest BCUT2D eigenvalue weighted by molar-refractivity contribution is 7.99. The molecule has 0 aliphatic carbocycles. The van der Waals surface area contributed by atoms with Crippen LogP contribution in [0.25, 0.3) is 33.9 Å². The van der Waals surface area contributed by atoms with E-state index in [0.29, 0.717) is 0 Å². The van der Waals surface area contributed by atoms with Gasteiger partial charge in [0, 0.05) is 28.7 Å². The van der Waals surface area contributed by atoms with Crippen molar-refractivity contribution in [1.29, 1.82) is 0 Å². The molecule has 3 nitrogen and oxygen atoms in total. The summed E-state index contributed by atoms with van der Waals surface area (Å²) in [6, 6.07) is 24.5. The number of thiophene rings is 1. The lowest BCUT2D eigenvalue weighted by atomic mass is 10.1. The molecule has 2 aromatic carbocycles. The molecule has 0 saturated carbocycles. The average molecular weight is 460 g/mol. The third-order valence-corrected chi connectivity index (χ3v) is 7.08. The van der Waals surface area contributed by atoms with Crippen LogP contribution < -0.4 is 0 Å². The van der Waals surface area contributed by atoms with Crippen LogP contribution in [0, 0.1) is 0 Å².